The summed E-state index contributed by atoms with van der Waals surface area (Å²) in [6.45, 7) is 4.44. The Morgan fingerprint density at radius 3 is 2.30 bits per heavy atom. The molecule has 1 saturated heterocycles. The van der Waals surface area contributed by atoms with Crippen LogP contribution in [0.4, 0.5) is 4.79 Å². The van der Waals surface area contributed by atoms with E-state index >= 15 is 0 Å². The van der Waals surface area contributed by atoms with Crippen LogP contribution >= 0.6 is 0 Å². The van der Waals surface area contributed by atoms with Crippen LogP contribution in [0, 0.1) is 12.8 Å². The summed E-state index contributed by atoms with van der Waals surface area (Å²) in [7, 11) is 0. The molecule has 5 rings (SSSR count). The number of likely N-dealkylation sites (tertiary alicyclic amines) is 1. The van der Waals surface area contributed by atoms with Gasteiger partial charge in [-0.1, -0.05) is 18.2 Å². The molecule has 2 aromatic heterocycles. The van der Waals surface area contributed by atoms with E-state index in [4.69, 9.17) is 18.9 Å². The smallest absolute Gasteiger partial charge is 0.415 e. The zero-order valence-electron chi connectivity index (χ0n) is 22.6. The molecule has 1 aliphatic heterocycles. The Morgan fingerprint density at radius 1 is 0.850 bits per heavy atom. The summed E-state index contributed by atoms with van der Waals surface area (Å²) < 4.78 is 23.1. The van der Waals surface area contributed by atoms with Gasteiger partial charge in [-0.2, -0.15) is 0 Å². The second kappa shape index (κ2) is 13.5. The lowest BCUT2D eigenvalue weighted by molar-refractivity contribution is 0.117. The van der Waals surface area contributed by atoms with E-state index in [1.165, 1.54) is 0 Å². The lowest BCUT2D eigenvalue weighted by atomic mass is 9.98. The molecule has 0 bridgehead atoms. The van der Waals surface area contributed by atoms with Crippen LogP contribution in [-0.4, -0.2) is 47.3 Å². The lowest BCUT2D eigenvalue weighted by Crippen LogP contribution is -2.41. The Bertz CT molecular complexity index is 1340. The predicted octanol–water partition coefficient (Wildman–Crippen LogP) is 6.49. The molecule has 4 aromatic rings. The molecule has 0 radical (unpaired) electrons. The third-order valence-electron chi connectivity index (χ3n) is 6.71. The standard InChI is InChI=1S/C32H33N3O5/c1-24-4-13-31(34-21-24)39-28-11-9-27(10-12-28)38-23-26-14-18-35(19-15-26)32(36)40-29-7-5-25(6-8-29)16-20-37-30-3-2-17-33-22-30/h2-13,17,21-22,26H,14-16,18-20,23H2,1H3. The number of ether oxygens (including phenoxy) is 4. The highest BCUT2D eigenvalue weighted by Gasteiger charge is 2.24. The second-order valence-corrected chi connectivity index (χ2v) is 9.79. The fourth-order valence-corrected chi connectivity index (χ4v) is 4.34. The number of aromatic nitrogens is 2. The number of piperidine rings is 1. The van der Waals surface area contributed by atoms with E-state index in [1.807, 2.05) is 79.7 Å². The highest BCUT2D eigenvalue weighted by atomic mass is 16.6. The van der Waals surface area contributed by atoms with E-state index in [-0.39, 0.29) is 6.09 Å². The Labute approximate surface area is 234 Å². The van der Waals surface area contributed by atoms with Gasteiger partial charge in [0.15, 0.2) is 0 Å². The van der Waals surface area contributed by atoms with Crippen LogP contribution in [0.2, 0.25) is 0 Å². The SMILES string of the molecule is Cc1ccc(Oc2ccc(OCC3CCN(C(=O)Oc4ccc(CCOc5cccnc5)cc4)CC3)cc2)nc1. The molecule has 40 heavy (non-hydrogen) atoms. The first-order chi connectivity index (χ1) is 19.6. The van der Waals surface area contributed by atoms with Crippen molar-refractivity contribution in [1.29, 1.82) is 0 Å². The van der Waals surface area contributed by atoms with Crippen LogP contribution in [0.1, 0.15) is 24.0 Å². The first kappa shape index (κ1) is 27.0. The first-order valence-corrected chi connectivity index (χ1v) is 13.5. The van der Waals surface area contributed by atoms with Crippen molar-refractivity contribution in [1.82, 2.24) is 14.9 Å². The zero-order valence-corrected chi connectivity index (χ0v) is 22.6. The van der Waals surface area contributed by atoms with E-state index in [0.29, 0.717) is 49.6 Å². The third kappa shape index (κ3) is 7.96. The molecule has 8 nitrogen and oxygen atoms in total. The summed E-state index contributed by atoms with van der Waals surface area (Å²) in [5, 5.41) is 0. The number of pyridine rings is 2. The van der Waals surface area contributed by atoms with Gasteiger partial charge in [-0.3, -0.25) is 4.98 Å². The van der Waals surface area contributed by atoms with Crippen molar-refractivity contribution in [3.8, 4) is 28.9 Å². The van der Waals surface area contributed by atoms with Gasteiger partial charge < -0.3 is 23.8 Å². The van der Waals surface area contributed by atoms with Crippen molar-refractivity contribution < 1.29 is 23.7 Å². The maximum atomic E-state index is 12.7. The van der Waals surface area contributed by atoms with Gasteiger partial charge in [-0.05, 0) is 85.3 Å². The number of hydrogen-bond acceptors (Lipinski definition) is 7. The highest BCUT2D eigenvalue weighted by molar-refractivity contribution is 5.70. The second-order valence-electron chi connectivity index (χ2n) is 9.79. The molecule has 2 aromatic carbocycles. The van der Waals surface area contributed by atoms with Crippen molar-refractivity contribution in [2.24, 2.45) is 5.92 Å². The topological polar surface area (TPSA) is 83.0 Å². The number of carbonyl (C=O) groups excluding carboxylic acids is 1. The average Bonchev–Trinajstić information content (AvgIpc) is 3.00. The van der Waals surface area contributed by atoms with Crippen molar-refractivity contribution in [2.45, 2.75) is 26.2 Å². The Kier molecular flexibility index (Phi) is 9.09. The molecule has 1 amide bonds. The first-order valence-electron chi connectivity index (χ1n) is 13.5. The molecule has 0 spiro atoms. The van der Waals surface area contributed by atoms with Crippen LogP contribution in [0.5, 0.6) is 28.9 Å². The van der Waals surface area contributed by atoms with Gasteiger partial charge in [-0.25, -0.2) is 9.78 Å². The summed E-state index contributed by atoms with van der Waals surface area (Å²) >= 11 is 0. The van der Waals surface area contributed by atoms with Gasteiger partial charge in [-0.15, -0.1) is 0 Å². The van der Waals surface area contributed by atoms with E-state index in [1.54, 1.807) is 23.5 Å². The molecule has 0 N–H and O–H groups in total. The summed E-state index contributed by atoms with van der Waals surface area (Å²) in [4.78, 5) is 22.7. The van der Waals surface area contributed by atoms with Crippen LogP contribution in [0.3, 0.4) is 0 Å². The van der Waals surface area contributed by atoms with Crippen LogP contribution < -0.4 is 18.9 Å². The molecular weight excluding hydrogens is 506 g/mol. The average molecular weight is 540 g/mol. The molecular formula is C32H33N3O5. The number of carbonyl (C=O) groups is 1. The largest absolute Gasteiger partial charge is 0.493 e. The van der Waals surface area contributed by atoms with Crippen LogP contribution in [0.15, 0.2) is 91.4 Å². The fourth-order valence-electron chi connectivity index (χ4n) is 4.34. The lowest BCUT2D eigenvalue weighted by Gasteiger charge is -2.31. The summed E-state index contributed by atoms with van der Waals surface area (Å²) in [6, 6.07) is 22.6. The number of hydrogen-bond donors (Lipinski definition) is 0. The van der Waals surface area contributed by atoms with Gasteiger partial charge in [0.1, 0.15) is 23.0 Å². The molecule has 0 atom stereocenters. The minimum absolute atomic E-state index is 0.314. The Balaban J connectivity index is 0.994. The number of amides is 1. The molecule has 206 valence electrons. The maximum absolute atomic E-state index is 12.7. The van der Waals surface area contributed by atoms with Gasteiger partial charge >= 0.3 is 6.09 Å². The van der Waals surface area contributed by atoms with Gasteiger partial charge in [0.2, 0.25) is 5.88 Å². The quantitative estimate of drug-likeness (QED) is 0.228. The maximum Gasteiger partial charge on any atom is 0.415 e. The normalized spacial score (nSPS) is 13.5. The van der Waals surface area contributed by atoms with Crippen molar-refractivity contribution in [3.05, 3.63) is 103 Å². The van der Waals surface area contributed by atoms with E-state index in [2.05, 4.69) is 9.97 Å². The Morgan fingerprint density at radius 2 is 1.60 bits per heavy atom. The summed E-state index contributed by atoms with van der Waals surface area (Å²) in [5.74, 6) is 3.73. The van der Waals surface area contributed by atoms with Crippen molar-refractivity contribution in [2.75, 3.05) is 26.3 Å². The van der Waals surface area contributed by atoms with E-state index in [0.717, 1.165) is 41.9 Å². The predicted molar refractivity (Wildman–Crippen MR) is 151 cm³/mol. The summed E-state index contributed by atoms with van der Waals surface area (Å²) in [5.41, 5.74) is 2.19. The number of aryl methyl sites for hydroxylation is 1. The zero-order chi connectivity index (χ0) is 27.6. The molecule has 0 saturated carbocycles. The molecule has 0 aliphatic carbocycles. The molecule has 1 fully saturated rings. The minimum atomic E-state index is -0.314. The molecule has 8 heteroatoms. The molecule has 3 heterocycles. The monoisotopic (exact) mass is 539 g/mol. The number of benzene rings is 2. The molecule has 1 aliphatic rings. The van der Waals surface area contributed by atoms with Crippen LogP contribution in [0.25, 0.3) is 0 Å². The van der Waals surface area contributed by atoms with Crippen molar-refractivity contribution >= 4 is 6.09 Å². The third-order valence-corrected chi connectivity index (χ3v) is 6.71. The van der Waals surface area contributed by atoms with Gasteiger partial charge in [0.05, 0.1) is 19.4 Å². The molecule has 0 unspecified atom stereocenters. The van der Waals surface area contributed by atoms with Crippen molar-refractivity contribution in [3.63, 3.8) is 0 Å². The minimum Gasteiger partial charge on any atom is -0.493 e. The number of rotatable bonds is 10. The van der Waals surface area contributed by atoms with E-state index < -0.39 is 0 Å². The van der Waals surface area contributed by atoms with Crippen LogP contribution in [-0.2, 0) is 6.42 Å². The summed E-state index contributed by atoms with van der Waals surface area (Å²) in [6.07, 6.45) is 7.35. The fraction of sp³-hybridized carbons (Fsp3) is 0.281. The highest BCUT2D eigenvalue weighted by Crippen LogP contribution is 2.25. The van der Waals surface area contributed by atoms with Gasteiger partial charge in [0, 0.05) is 38.0 Å². The van der Waals surface area contributed by atoms with E-state index in [9.17, 15) is 4.79 Å². The Hall–Kier alpha value is -4.59. The van der Waals surface area contributed by atoms with Gasteiger partial charge in [0.25, 0.3) is 0 Å². The number of nitrogens with zero attached hydrogens (tertiary/aromatic N) is 3.